The van der Waals surface area contributed by atoms with E-state index >= 15 is 0 Å². The summed E-state index contributed by atoms with van der Waals surface area (Å²) in [6.45, 7) is 2.24. The number of nitrogens with zero attached hydrogens (tertiary/aromatic N) is 1. The monoisotopic (exact) mass is 404 g/mol. The van der Waals surface area contributed by atoms with Crippen LogP contribution in [0, 0.1) is 0 Å². The summed E-state index contributed by atoms with van der Waals surface area (Å²) in [5, 5.41) is 22.1. The van der Waals surface area contributed by atoms with E-state index in [1.807, 2.05) is 16.7 Å². The maximum atomic E-state index is 11.1. The Kier molecular flexibility index (Phi) is 5.73. The number of hydrogen-bond donors (Lipinski definition) is 3. The van der Waals surface area contributed by atoms with Crippen molar-refractivity contribution in [3.63, 3.8) is 0 Å². The molecule has 26 heavy (non-hydrogen) atoms. The molecule has 0 radical (unpaired) electrons. The average molecular weight is 404 g/mol. The maximum Gasteiger partial charge on any atom is 0.267 e. The van der Waals surface area contributed by atoms with Gasteiger partial charge >= 0.3 is 0 Å². The van der Waals surface area contributed by atoms with Crippen LogP contribution in [-0.2, 0) is 24.9 Å². The topological polar surface area (TPSA) is 116 Å². The second kappa shape index (κ2) is 7.55. The predicted octanol–water partition coefficient (Wildman–Crippen LogP) is 2.29. The lowest BCUT2D eigenvalue weighted by Gasteiger charge is -2.28. The van der Waals surface area contributed by atoms with Crippen molar-refractivity contribution in [1.29, 1.82) is 0 Å². The Morgan fingerprint density at radius 1 is 1.38 bits per heavy atom. The van der Waals surface area contributed by atoms with Crippen LogP contribution in [0.1, 0.15) is 38.2 Å². The molecular weight excluding hydrogens is 382 g/mol. The van der Waals surface area contributed by atoms with Gasteiger partial charge < -0.3 is 5.11 Å². The number of aliphatic hydroxyl groups is 1. The van der Waals surface area contributed by atoms with Gasteiger partial charge in [-0.25, -0.2) is 5.26 Å². The van der Waals surface area contributed by atoms with E-state index in [4.69, 9.17) is 9.81 Å². The van der Waals surface area contributed by atoms with E-state index in [0.717, 1.165) is 59.6 Å². The van der Waals surface area contributed by atoms with Crippen LogP contribution in [0.5, 0.6) is 0 Å². The summed E-state index contributed by atoms with van der Waals surface area (Å²) in [6, 6.07) is 5.64. The third kappa shape index (κ3) is 3.96. The van der Waals surface area contributed by atoms with Gasteiger partial charge in [0.1, 0.15) is 11.9 Å². The third-order valence-electron chi connectivity index (χ3n) is 5.11. The summed E-state index contributed by atoms with van der Waals surface area (Å²) in [7, 11) is -4.25. The largest absolute Gasteiger partial charge is 0.385 e. The van der Waals surface area contributed by atoms with Crippen LogP contribution in [0.15, 0.2) is 23.1 Å². The summed E-state index contributed by atoms with van der Waals surface area (Å²) in [6.07, 6.45) is 2.73. The van der Waals surface area contributed by atoms with Crippen LogP contribution < -0.4 is 0 Å². The van der Waals surface area contributed by atoms with Gasteiger partial charge in [-0.15, -0.1) is 4.33 Å². The van der Waals surface area contributed by atoms with Gasteiger partial charge in [0.25, 0.3) is 10.1 Å². The number of hydrogen-bond acceptors (Lipinski definition) is 7. The first-order valence-corrected chi connectivity index (χ1v) is 10.7. The number of aliphatic hydroxyl groups excluding tert-OH is 1. The van der Waals surface area contributed by atoms with Gasteiger partial charge in [0, 0.05) is 22.9 Å². The molecular formula is C16H22NO7S2+. The molecule has 1 aliphatic heterocycles. The van der Waals surface area contributed by atoms with Crippen LogP contribution in [0.4, 0.5) is 5.69 Å². The molecule has 1 aliphatic carbocycles. The molecule has 2 aliphatic rings. The molecule has 8 nitrogen and oxygen atoms in total. The minimum Gasteiger partial charge on any atom is -0.385 e. The Bertz CT molecular complexity index is 824. The Balaban J connectivity index is 1.97. The Hall–Kier alpha value is -1.01. The van der Waals surface area contributed by atoms with Crippen LogP contribution in [0.25, 0.3) is 0 Å². The fraction of sp³-hybridized carbons (Fsp3) is 0.562. The molecule has 144 valence electrons. The minimum atomic E-state index is -4.25. The number of benzene rings is 1. The maximum absolute atomic E-state index is 11.1. The quantitative estimate of drug-likeness (QED) is 0.208. The number of fused-ring (bicyclic) bond motifs is 3. The molecule has 0 aromatic heterocycles. The molecule has 1 aromatic carbocycles. The van der Waals surface area contributed by atoms with E-state index in [1.54, 1.807) is 6.07 Å². The zero-order valence-corrected chi connectivity index (χ0v) is 15.9. The molecule has 1 fully saturated rings. The number of rotatable bonds is 7. The summed E-state index contributed by atoms with van der Waals surface area (Å²) >= 11 is 0.886. The predicted molar refractivity (Wildman–Crippen MR) is 95.1 cm³/mol. The SMILES string of the molecule is CC12CCCCC1=[N+](CC(O)CS(=O)(=O)O)c1ccc(SOOO)cc12. The van der Waals surface area contributed by atoms with E-state index in [-0.39, 0.29) is 12.0 Å². The minimum absolute atomic E-state index is 0.0977. The molecule has 0 saturated heterocycles. The van der Waals surface area contributed by atoms with E-state index in [0.29, 0.717) is 0 Å². The van der Waals surface area contributed by atoms with E-state index in [9.17, 15) is 13.5 Å². The highest BCUT2D eigenvalue weighted by Gasteiger charge is 2.50. The van der Waals surface area contributed by atoms with Crippen molar-refractivity contribution in [2.75, 3.05) is 12.3 Å². The molecule has 0 bridgehead atoms. The Labute approximate surface area is 156 Å². The summed E-state index contributed by atoms with van der Waals surface area (Å²) in [4.78, 5) is 0.754. The van der Waals surface area contributed by atoms with Crippen LogP contribution in [0.3, 0.4) is 0 Å². The second-order valence-corrected chi connectivity index (χ2v) is 9.18. The lowest BCUT2D eigenvalue weighted by atomic mass is 9.71. The van der Waals surface area contributed by atoms with Gasteiger partial charge in [-0.3, -0.25) is 4.55 Å². The van der Waals surface area contributed by atoms with Crippen LogP contribution in [0.2, 0.25) is 0 Å². The molecule has 1 saturated carbocycles. The highest BCUT2D eigenvalue weighted by atomic mass is 32.2. The van der Waals surface area contributed by atoms with E-state index < -0.39 is 22.0 Å². The molecule has 2 atom stereocenters. The lowest BCUT2D eigenvalue weighted by molar-refractivity contribution is -0.450. The number of β-amino-alcohol motifs (C(OH)–C–C–N with tert-alkyl or cyclic N) is 1. The van der Waals surface area contributed by atoms with E-state index in [2.05, 4.69) is 16.3 Å². The average Bonchev–Trinajstić information content (AvgIpc) is 2.80. The van der Waals surface area contributed by atoms with Crippen molar-refractivity contribution in [2.24, 2.45) is 0 Å². The van der Waals surface area contributed by atoms with Gasteiger partial charge in [0.2, 0.25) is 5.69 Å². The zero-order valence-electron chi connectivity index (χ0n) is 14.3. The third-order valence-corrected chi connectivity index (χ3v) is 6.49. The highest BCUT2D eigenvalue weighted by Crippen LogP contribution is 2.47. The van der Waals surface area contributed by atoms with E-state index in [1.165, 1.54) is 0 Å². The van der Waals surface area contributed by atoms with Gasteiger partial charge in [-0.1, -0.05) is 11.5 Å². The summed E-state index contributed by atoms with van der Waals surface area (Å²) in [5.74, 6) is -0.696. The fourth-order valence-electron chi connectivity index (χ4n) is 4.07. The normalized spacial score (nSPS) is 23.7. The van der Waals surface area contributed by atoms with Crippen molar-refractivity contribution in [3.8, 4) is 0 Å². The van der Waals surface area contributed by atoms with Crippen molar-refractivity contribution in [3.05, 3.63) is 23.8 Å². The zero-order chi connectivity index (χ0) is 18.9. The second-order valence-electron chi connectivity index (χ2n) is 6.90. The first kappa shape index (κ1) is 19.7. The Morgan fingerprint density at radius 3 is 2.85 bits per heavy atom. The van der Waals surface area contributed by atoms with Crippen molar-refractivity contribution < 1.29 is 37.3 Å². The van der Waals surface area contributed by atoms with Crippen molar-refractivity contribution in [1.82, 2.24) is 0 Å². The van der Waals surface area contributed by atoms with Gasteiger partial charge in [-0.05, 0) is 31.9 Å². The molecule has 2 unspecified atom stereocenters. The first-order valence-electron chi connectivity index (χ1n) is 8.31. The molecule has 3 rings (SSSR count). The fourth-order valence-corrected chi connectivity index (χ4v) is 5.06. The van der Waals surface area contributed by atoms with Gasteiger partial charge in [0.05, 0.1) is 17.5 Å². The molecule has 10 heteroatoms. The van der Waals surface area contributed by atoms with Crippen LogP contribution in [-0.4, -0.2) is 52.0 Å². The van der Waals surface area contributed by atoms with Crippen molar-refractivity contribution in [2.45, 2.75) is 49.0 Å². The summed E-state index contributed by atoms with van der Waals surface area (Å²) < 4.78 is 37.6. The molecule has 0 amide bonds. The molecule has 3 N–H and O–H groups in total. The first-order chi connectivity index (χ1) is 12.2. The summed E-state index contributed by atoms with van der Waals surface area (Å²) in [5.41, 5.74) is 2.92. The standard InChI is InChI=1S/C16H21NO7S2/c1-16-7-3-2-4-15(16)17(9-11(18)10-26(20,21)22)14-6-5-12(8-13(14)16)25-24-23-19/h5-6,8,11,18H,2-4,7,9-10H2,1H3,(H-,19,20,21,22)/p+1. The molecule has 1 heterocycles. The smallest absolute Gasteiger partial charge is 0.267 e. The molecule has 0 spiro atoms. The lowest BCUT2D eigenvalue weighted by Crippen LogP contribution is -2.38. The molecule has 1 aromatic rings. The highest BCUT2D eigenvalue weighted by molar-refractivity contribution is 7.94. The van der Waals surface area contributed by atoms with Gasteiger partial charge in [0.15, 0.2) is 12.3 Å². The Morgan fingerprint density at radius 2 is 2.15 bits per heavy atom. The van der Waals surface area contributed by atoms with Crippen molar-refractivity contribution >= 4 is 33.6 Å². The van der Waals surface area contributed by atoms with Crippen LogP contribution >= 0.6 is 12.0 Å². The van der Waals surface area contributed by atoms with Gasteiger partial charge in [-0.2, -0.15) is 13.0 Å².